The Bertz CT molecular complexity index is 1150. The fraction of sp³-hybridized carbons (Fsp3) is 0.333. The highest BCUT2D eigenvalue weighted by molar-refractivity contribution is 7.89. The van der Waals surface area contributed by atoms with E-state index in [0.29, 0.717) is 30.2 Å². The molecule has 0 bridgehead atoms. The normalized spacial score (nSPS) is 17.8. The Morgan fingerprint density at radius 1 is 1.17 bits per heavy atom. The molecule has 1 saturated heterocycles. The second-order valence-electron chi connectivity index (χ2n) is 7.29. The van der Waals surface area contributed by atoms with Crippen LogP contribution in [0.1, 0.15) is 30.2 Å². The Kier molecular flexibility index (Phi) is 5.57. The van der Waals surface area contributed by atoms with E-state index in [1.807, 2.05) is 6.92 Å². The lowest BCUT2D eigenvalue weighted by atomic mass is 10.00. The van der Waals surface area contributed by atoms with Crippen LogP contribution in [-0.4, -0.2) is 43.1 Å². The molecule has 1 aromatic heterocycles. The van der Waals surface area contributed by atoms with Crippen LogP contribution in [0.5, 0.6) is 5.75 Å². The molecule has 2 aromatic carbocycles. The van der Waals surface area contributed by atoms with Crippen LogP contribution in [0.15, 0.2) is 51.8 Å². The summed E-state index contributed by atoms with van der Waals surface area (Å²) in [4.78, 5) is 0.235. The fourth-order valence-corrected chi connectivity index (χ4v) is 5.24. The molecule has 4 rings (SSSR count). The van der Waals surface area contributed by atoms with Crippen molar-refractivity contribution in [1.82, 2.24) is 14.5 Å². The maximum atomic E-state index is 13.2. The Hall–Kier alpha value is -2.78. The predicted molar refractivity (Wildman–Crippen MR) is 108 cm³/mol. The average molecular weight is 431 g/mol. The Balaban J connectivity index is 1.54. The number of ether oxygens (including phenoxy) is 1. The molecule has 7 nitrogen and oxygen atoms in total. The molecule has 1 unspecified atom stereocenters. The van der Waals surface area contributed by atoms with E-state index in [1.54, 1.807) is 37.4 Å². The van der Waals surface area contributed by atoms with Crippen molar-refractivity contribution in [2.45, 2.75) is 30.6 Å². The Morgan fingerprint density at radius 3 is 2.63 bits per heavy atom. The molecule has 1 fully saturated rings. The molecule has 0 radical (unpaired) electrons. The molecular formula is C21H22FN3O4S. The second-order valence-corrected chi connectivity index (χ2v) is 9.22. The monoisotopic (exact) mass is 431 g/mol. The third-order valence-corrected chi connectivity index (χ3v) is 7.13. The number of rotatable bonds is 5. The average Bonchev–Trinajstić information content (AvgIpc) is 3.24. The number of hydrogen-bond acceptors (Lipinski definition) is 6. The van der Waals surface area contributed by atoms with Crippen LogP contribution in [0, 0.1) is 12.7 Å². The smallest absolute Gasteiger partial charge is 0.247 e. The standard InChI is InChI=1S/C21H22FN3O4S/c1-14-12-18(9-10-19(14)28-2)30(26,27)25-11-3-4-16(13-25)21-24-23-20(29-21)15-5-7-17(22)8-6-15/h5-10,12,16H,3-4,11,13H2,1-2H3. The van der Waals surface area contributed by atoms with E-state index in [2.05, 4.69) is 10.2 Å². The van der Waals surface area contributed by atoms with E-state index in [1.165, 1.54) is 16.4 Å². The molecule has 0 spiro atoms. The first-order valence-electron chi connectivity index (χ1n) is 9.62. The van der Waals surface area contributed by atoms with Crippen LogP contribution in [0.2, 0.25) is 0 Å². The summed E-state index contributed by atoms with van der Waals surface area (Å²) >= 11 is 0. The quantitative estimate of drug-likeness (QED) is 0.611. The molecule has 0 N–H and O–H groups in total. The highest BCUT2D eigenvalue weighted by Gasteiger charge is 2.33. The number of hydrogen-bond donors (Lipinski definition) is 0. The zero-order valence-electron chi connectivity index (χ0n) is 16.7. The number of aromatic nitrogens is 2. The molecule has 0 amide bonds. The first kappa shape index (κ1) is 20.5. The van der Waals surface area contributed by atoms with Gasteiger partial charge < -0.3 is 9.15 Å². The van der Waals surface area contributed by atoms with Gasteiger partial charge in [-0.15, -0.1) is 10.2 Å². The summed E-state index contributed by atoms with van der Waals surface area (Å²) in [5.74, 6) is 0.774. The van der Waals surface area contributed by atoms with E-state index < -0.39 is 10.0 Å². The number of halogens is 1. The fourth-order valence-electron chi connectivity index (χ4n) is 3.63. The predicted octanol–water partition coefficient (Wildman–Crippen LogP) is 3.76. The summed E-state index contributed by atoms with van der Waals surface area (Å²) in [5, 5.41) is 8.16. The van der Waals surface area contributed by atoms with Gasteiger partial charge in [0.05, 0.1) is 17.9 Å². The molecular weight excluding hydrogens is 409 g/mol. The molecule has 1 atom stereocenters. The molecule has 2 heterocycles. The van der Waals surface area contributed by atoms with Crippen LogP contribution in [-0.2, 0) is 10.0 Å². The van der Waals surface area contributed by atoms with E-state index in [-0.39, 0.29) is 29.1 Å². The van der Waals surface area contributed by atoms with Crippen molar-refractivity contribution < 1.29 is 22.0 Å². The van der Waals surface area contributed by atoms with Gasteiger partial charge in [-0.3, -0.25) is 0 Å². The maximum Gasteiger partial charge on any atom is 0.247 e. The van der Waals surface area contributed by atoms with Crippen molar-refractivity contribution in [3.8, 4) is 17.2 Å². The largest absolute Gasteiger partial charge is 0.496 e. The van der Waals surface area contributed by atoms with Gasteiger partial charge in [0.2, 0.25) is 21.8 Å². The van der Waals surface area contributed by atoms with Crippen molar-refractivity contribution in [2.75, 3.05) is 20.2 Å². The zero-order chi connectivity index (χ0) is 21.3. The summed E-state index contributed by atoms with van der Waals surface area (Å²) in [6, 6.07) is 10.6. The third kappa shape index (κ3) is 3.95. The van der Waals surface area contributed by atoms with Crippen molar-refractivity contribution in [3.05, 3.63) is 59.7 Å². The first-order chi connectivity index (χ1) is 14.4. The van der Waals surface area contributed by atoms with Gasteiger partial charge in [-0.05, 0) is 67.8 Å². The number of piperidine rings is 1. The molecule has 158 valence electrons. The number of methoxy groups -OCH3 is 1. The van der Waals surface area contributed by atoms with Crippen LogP contribution in [0.25, 0.3) is 11.5 Å². The molecule has 3 aromatic rings. The molecule has 30 heavy (non-hydrogen) atoms. The van der Waals surface area contributed by atoms with E-state index in [4.69, 9.17) is 9.15 Å². The van der Waals surface area contributed by atoms with Gasteiger partial charge in [0.15, 0.2) is 0 Å². The number of aryl methyl sites for hydroxylation is 1. The highest BCUT2D eigenvalue weighted by atomic mass is 32.2. The molecule has 0 saturated carbocycles. The van der Waals surface area contributed by atoms with Crippen molar-refractivity contribution >= 4 is 10.0 Å². The Labute approximate surface area is 174 Å². The van der Waals surface area contributed by atoms with E-state index in [9.17, 15) is 12.8 Å². The van der Waals surface area contributed by atoms with Gasteiger partial charge in [0.25, 0.3) is 0 Å². The van der Waals surface area contributed by atoms with Gasteiger partial charge in [-0.25, -0.2) is 12.8 Å². The van der Waals surface area contributed by atoms with E-state index >= 15 is 0 Å². The lowest BCUT2D eigenvalue weighted by Crippen LogP contribution is -2.39. The van der Waals surface area contributed by atoms with Crippen LogP contribution in [0.3, 0.4) is 0 Å². The summed E-state index contributed by atoms with van der Waals surface area (Å²) in [6.07, 6.45) is 1.44. The summed E-state index contributed by atoms with van der Waals surface area (Å²) in [5.41, 5.74) is 1.37. The van der Waals surface area contributed by atoms with Gasteiger partial charge in [-0.2, -0.15) is 4.31 Å². The van der Waals surface area contributed by atoms with Gasteiger partial charge in [0.1, 0.15) is 11.6 Å². The molecule has 1 aliphatic heterocycles. The summed E-state index contributed by atoms with van der Waals surface area (Å²) in [7, 11) is -2.10. The zero-order valence-corrected chi connectivity index (χ0v) is 17.5. The molecule has 0 aliphatic carbocycles. The summed E-state index contributed by atoms with van der Waals surface area (Å²) in [6.45, 7) is 2.51. The highest BCUT2D eigenvalue weighted by Crippen LogP contribution is 2.32. The van der Waals surface area contributed by atoms with Gasteiger partial charge in [-0.1, -0.05) is 0 Å². The molecule has 9 heteroatoms. The number of nitrogens with zero attached hydrogens (tertiary/aromatic N) is 3. The minimum atomic E-state index is -3.65. The lowest BCUT2D eigenvalue weighted by molar-refractivity contribution is 0.286. The number of sulfonamides is 1. The van der Waals surface area contributed by atoms with Gasteiger partial charge in [0, 0.05) is 18.7 Å². The van der Waals surface area contributed by atoms with Crippen LogP contribution < -0.4 is 4.74 Å². The first-order valence-corrected chi connectivity index (χ1v) is 11.1. The van der Waals surface area contributed by atoms with Crippen molar-refractivity contribution in [3.63, 3.8) is 0 Å². The minimum absolute atomic E-state index is 0.199. The van der Waals surface area contributed by atoms with Crippen molar-refractivity contribution in [2.24, 2.45) is 0 Å². The SMILES string of the molecule is COc1ccc(S(=O)(=O)N2CCCC(c3nnc(-c4ccc(F)cc4)o3)C2)cc1C. The van der Waals surface area contributed by atoms with Crippen LogP contribution in [0.4, 0.5) is 4.39 Å². The maximum absolute atomic E-state index is 13.2. The van der Waals surface area contributed by atoms with Crippen molar-refractivity contribution in [1.29, 1.82) is 0 Å². The lowest BCUT2D eigenvalue weighted by Gasteiger charge is -2.30. The Morgan fingerprint density at radius 2 is 1.93 bits per heavy atom. The minimum Gasteiger partial charge on any atom is -0.496 e. The van der Waals surface area contributed by atoms with E-state index in [0.717, 1.165) is 12.0 Å². The third-order valence-electron chi connectivity index (χ3n) is 5.27. The summed E-state index contributed by atoms with van der Waals surface area (Å²) < 4.78 is 51.9. The van der Waals surface area contributed by atoms with Crippen LogP contribution >= 0.6 is 0 Å². The van der Waals surface area contributed by atoms with Gasteiger partial charge >= 0.3 is 0 Å². The topological polar surface area (TPSA) is 85.5 Å². The molecule has 1 aliphatic rings. The second kappa shape index (κ2) is 8.16. The number of benzene rings is 2.